The molecule has 0 aliphatic carbocycles. The molecular formula is C72H122O6. The van der Waals surface area contributed by atoms with Gasteiger partial charge in [0.2, 0.25) is 0 Å². The van der Waals surface area contributed by atoms with Gasteiger partial charge in [0, 0.05) is 19.3 Å². The average Bonchev–Trinajstić information content (AvgIpc) is 3.44. The van der Waals surface area contributed by atoms with Crippen LogP contribution < -0.4 is 0 Å². The number of carbonyl (C=O) groups excluding carboxylic acids is 3. The van der Waals surface area contributed by atoms with Crippen LogP contribution in [-0.2, 0) is 28.6 Å². The van der Waals surface area contributed by atoms with Crippen LogP contribution in [0.4, 0.5) is 0 Å². The molecule has 0 spiro atoms. The second-order valence-corrected chi connectivity index (χ2v) is 21.6. The van der Waals surface area contributed by atoms with Gasteiger partial charge in [-0.05, 0) is 128 Å². The summed E-state index contributed by atoms with van der Waals surface area (Å²) in [4.78, 5) is 38.3. The van der Waals surface area contributed by atoms with Gasteiger partial charge < -0.3 is 14.2 Å². The van der Waals surface area contributed by atoms with Gasteiger partial charge in [0.05, 0.1) is 0 Å². The van der Waals surface area contributed by atoms with Gasteiger partial charge in [-0.1, -0.05) is 271 Å². The Morgan fingerprint density at radius 1 is 0.269 bits per heavy atom. The number of esters is 3. The van der Waals surface area contributed by atoms with Crippen molar-refractivity contribution < 1.29 is 28.6 Å². The summed E-state index contributed by atoms with van der Waals surface area (Å²) in [5.41, 5.74) is 0. The molecule has 446 valence electrons. The summed E-state index contributed by atoms with van der Waals surface area (Å²) in [6.07, 6.45) is 89.6. The van der Waals surface area contributed by atoms with Crippen molar-refractivity contribution in [2.75, 3.05) is 13.2 Å². The summed E-state index contributed by atoms with van der Waals surface area (Å²) < 4.78 is 16.9. The Kier molecular flexibility index (Phi) is 62.3. The van der Waals surface area contributed by atoms with Crippen molar-refractivity contribution in [3.8, 4) is 0 Å². The fourth-order valence-electron chi connectivity index (χ4n) is 9.06. The lowest BCUT2D eigenvalue weighted by Gasteiger charge is -2.18. The highest BCUT2D eigenvalue weighted by Gasteiger charge is 2.19. The maximum absolute atomic E-state index is 12.9. The van der Waals surface area contributed by atoms with E-state index in [9.17, 15) is 14.4 Å². The van der Waals surface area contributed by atoms with E-state index in [4.69, 9.17) is 14.2 Å². The van der Waals surface area contributed by atoms with E-state index in [1.54, 1.807) is 0 Å². The van der Waals surface area contributed by atoms with Crippen LogP contribution in [0.1, 0.15) is 310 Å². The van der Waals surface area contributed by atoms with Gasteiger partial charge in [-0.3, -0.25) is 14.4 Å². The van der Waals surface area contributed by atoms with Crippen LogP contribution in [0.15, 0.2) is 109 Å². The zero-order valence-corrected chi connectivity index (χ0v) is 51.2. The Labute approximate surface area is 482 Å². The first-order chi connectivity index (χ1) is 38.5. The van der Waals surface area contributed by atoms with Crippen molar-refractivity contribution in [3.63, 3.8) is 0 Å². The third kappa shape index (κ3) is 62.9. The van der Waals surface area contributed by atoms with Crippen LogP contribution >= 0.6 is 0 Å². The quantitative estimate of drug-likeness (QED) is 0.0261. The Balaban J connectivity index is 4.24. The zero-order valence-electron chi connectivity index (χ0n) is 51.2. The van der Waals surface area contributed by atoms with E-state index in [1.165, 1.54) is 154 Å². The fourth-order valence-corrected chi connectivity index (χ4v) is 9.06. The van der Waals surface area contributed by atoms with Crippen molar-refractivity contribution in [2.45, 2.75) is 316 Å². The maximum atomic E-state index is 12.9. The van der Waals surface area contributed by atoms with Crippen molar-refractivity contribution in [2.24, 2.45) is 0 Å². The smallest absolute Gasteiger partial charge is 0.306 e. The first-order valence-corrected chi connectivity index (χ1v) is 32.9. The lowest BCUT2D eigenvalue weighted by atomic mass is 10.0. The molecule has 0 aliphatic heterocycles. The van der Waals surface area contributed by atoms with Crippen molar-refractivity contribution in [1.29, 1.82) is 0 Å². The van der Waals surface area contributed by atoms with Crippen LogP contribution in [-0.4, -0.2) is 37.2 Å². The van der Waals surface area contributed by atoms with Crippen LogP contribution in [0, 0.1) is 0 Å². The van der Waals surface area contributed by atoms with Crippen LogP contribution in [0.5, 0.6) is 0 Å². The van der Waals surface area contributed by atoms with Gasteiger partial charge in [0.25, 0.3) is 0 Å². The van der Waals surface area contributed by atoms with Gasteiger partial charge in [0.1, 0.15) is 13.2 Å². The molecule has 0 heterocycles. The second-order valence-electron chi connectivity index (χ2n) is 21.6. The molecule has 1 unspecified atom stereocenters. The average molecular weight is 1080 g/mol. The lowest BCUT2D eigenvalue weighted by Crippen LogP contribution is -2.30. The Bertz CT molecular complexity index is 1570. The van der Waals surface area contributed by atoms with Gasteiger partial charge in [-0.25, -0.2) is 0 Å². The van der Waals surface area contributed by atoms with E-state index in [0.717, 1.165) is 116 Å². The predicted octanol–water partition coefficient (Wildman–Crippen LogP) is 22.6. The number of hydrogen-bond donors (Lipinski definition) is 0. The molecule has 0 bridgehead atoms. The SMILES string of the molecule is CC/C=C\C/C=C\C/C=C\C/C=C\C/C=C\C/C=C\CCCCCCCCCCCCCCC(=O)OCC(COC(=O)CCCCCCC/C=C\CCCCC)OC(=O)CCCCCCCCC/C=C\C/C=C\CCCCC. The molecule has 0 rings (SSSR count). The third-order valence-corrected chi connectivity index (χ3v) is 14.0. The molecule has 0 aromatic rings. The minimum absolute atomic E-state index is 0.0840. The summed E-state index contributed by atoms with van der Waals surface area (Å²) in [6.45, 7) is 6.48. The van der Waals surface area contributed by atoms with Crippen molar-refractivity contribution >= 4 is 17.9 Å². The summed E-state index contributed by atoms with van der Waals surface area (Å²) >= 11 is 0. The Hall–Kier alpha value is -3.93. The normalized spacial score (nSPS) is 12.8. The first-order valence-electron chi connectivity index (χ1n) is 32.9. The molecule has 0 aliphatic rings. The topological polar surface area (TPSA) is 78.9 Å². The minimum atomic E-state index is -0.787. The van der Waals surface area contributed by atoms with Crippen molar-refractivity contribution in [3.05, 3.63) is 109 Å². The molecule has 0 N–H and O–H groups in total. The van der Waals surface area contributed by atoms with Crippen LogP contribution in [0.3, 0.4) is 0 Å². The number of carbonyl (C=O) groups is 3. The highest BCUT2D eigenvalue weighted by Crippen LogP contribution is 2.16. The van der Waals surface area contributed by atoms with Crippen LogP contribution in [0.25, 0.3) is 0 Å². The largest absolute Gasteiger partial charge is 0.462 e. The number of rotatable bonds is 59. The summed E-state index contributed by atoms with van der Waals surface area (Å²) in [5.74, 6) is -0.895. The predicted molar refractivity (Wildman–Crippen MR) is 339 cm³/mol. The molecule has 0 fully saturated rings. The number of hydrogen-bond acceptors (Lipinski definition) is 6. The first kappa shape index (κ1) is 74.1. The standard InChI is InChI=1S/C72H122O6/c1-4-7-10-13-16-19-22-25-27-29-30-31-32-33-34-35-36-37-38-39-40-41-42-44-45-47-50-53-56-59-62-65-71(74)77-68-69(67-76-70(73)64-61-58-55-52-49-24-21-18-15-12-9-6-3)78-72(75)66-63-60-57-54-51-48-46-43-28-26-23-20-17-14-11-8-5-2/h7,10,16-21,25-28,30-31,33-34,36-37,69H,4-6,8-9,11-15,22-24,29,32,35,38-68H2,1-3H3/b10-7-,19-16-,20-17-,21-18-,27-25-,28-26-,31-30-,34-33-,37-36-. The van der Waals surface area contributed by atoms with E-state index < -0.39 is 6.10 Å². The molecule has 1 atom stereocenters. The van der Waals surface area contributed by atoms with Crippen molar-refractivity contribution in [1.82, 2.24) is 0 Å². The molecule has 6 heteroatoms. The molecule has 78 heavy (non-hydrogen) atoms. The maximum Gasteiger partial charge on any atom is 0.306 e. The summed E-state index contributed by atoms with van der Waals surface area (Å²) in [7, 11) is 0. The van der Waals surface area contributed by atoms with Gasteiger partial charge in [0.15, 0.2) is 6.10 Å². The van der Waals surface area contributed by atoms with Crippen LogP contribution in [0.2, 0.25) is 0 Å². The Morgan fingerprint density at radius 2 is 0.500 bits per heavy atom. The molecule has 0 aromatic carbocycles. The molecule has 0 aromatic heterocycles. The molecule has 0 saturated heterocycles. The molecule has 0 saturated carbocycles. The van der Waals surface area contributed by atoms with Gasteiger partial charge in [-0.2, -0.15) is 0 Å². The molecule has 6 nitrogen and oxygen atoms in total. The highest BCUT2D eigenvalue weighted by molar-refractivity contribution is 5.71. The number of allylic oxidation sites excluding steroid dienone is 18. The van der Waals surface area contributed by atoms with E-state index in [2.05, 4.69) is 130 Å². The molecular weight excluding hydrogens is 961 g/mol. The van der Waals surface area contributed by atoms with E-state index >= 15 is 0 Å². The second kappa shape index (κ2) is 65.6. The monoisotopic (exact) mass is 1080 g/mol. The summed E-state index contributed by atoms with van der Waals surface area (Å²) in [6, 6.07) is 0. The highest BCUT2D eigenvalue weighted by atomic mass is 16.6. The molecule has 0 radical (unpaired) electrons. The lowest BCUT2D eigenvalue weighted by molar-refractivity contribution is -0.167. The molecule has 0 amide bonds. The zero-order chi connectivity index (χ0) is 56.4. The number of ether oxygens (including phenoxy) is 3. The fraction of sp³-hybridized carbons (Fsp3) is 0.708. The minimum Gasteiger partial charge on any atom is -0.462 e. The number of unbranched alkanes of at least 4 members (excludes halogenated alkanes) is 30. The van der Waals surface area contributed by atoms with E-state index in [0.29, 0.717) is 19.3 Å². The van der Waals surface area contributed by atoms with E-state index in [1.807, 2.05) is 0 Å². The van der Waals surface area contributed by atoms with E-state index in [-0.39, 0.29) is 31.1 Å². The third-order valence-electron chi connectivity index (χ3n) is 14.0. The van der Waals surface area contributed by atoms with Gasteiger partial charge in [-0.15, -0.1) is 0 Å². The van der Waals surface area contributed by atoms with Gasteiger partial charge >= 0.3 is 17.9 Å². The summed E-state index contributed by atoms with van der Waals surface area (Å²) in [5, 5.41) is 0. The Morgan fingerprint density at radius 3 is 0.795 bits per heavy atom.